The lowest BCUT2D eigenvalue weighted by atomic mass is 10.2. The van der Waals surface area contributed by atoms with E-state index in [1.54, 1.807) is 19.2 Å². The Labute approximate surface area is 147 Å². The summed E-state index contributed by atoms with van der Waals surface area (Å²) in [5.41, 5.74) is 0.646. The number of morpholine rings is 1. The van der Waals surface area contributed by atoms with Crippen molar-refractivity contribution in [2.24, 2.45) is 0 Å². The Morgan fingerprint density at radius 2 is 2.00 bits per heavy atom. The number of amides is 2. The van der Waals surface area contributed by atoms with E-state index in [4.69, 9.17) is 9.47 Å². The van der Waals surface area contributed by atoms with Crippen LogP contribution in [0.25, 0.3) is 0 Å². The first kappa shape index (κ1) is 17.7. The van der Waals surface area contributed by atoms with Crippen LogP contribution in [0.5, 0.6) is 5.75 Å². The van der Waals surface area contributed by atoms with Crippen LogP contribution in [-0.2, 0) is 14.3 Å². The SMILES string of the molecule is COc1ccccc1NC(=O)CN1CCOC(C(=O)N2CCCC2)C1. The van der Waals surface area contributed by atoms with E-state index in [-0.39, 0.29) is 18.4 Å². The summed E-state index contributed by atoms with van der Waals surface area (Å²) in [7, 11) is 1.57. The first-order chi connectivity index (χ1) is 12.2. The molecular formula is C18H25N3O4. The van der Waals surface area contributed by atoms with Gasteiger partial charge in [0.15, 0.2) is 0 Å². The number of benzene rings is 1. The Morgan fingerprint density at radius 3 is 2.76 bits per heavy atom. The number of carbonyl (C=O) groups excluding carboxylic acids is 2. The van der Waals surface area contributed by atoms with Crippen molar-refractivity contribution in [3.8, 4) is 5.75 Å². The molecule has 2 saturated heterocycles. The molecule has 3 rings (SSSR count). The molecule has 25 heavy (non-hydrogen) atoms. The predicted octanol–water partition coefficient (Wildman–Crippen LogP) is 0.957. The second kappa shape index (κ2) is 8.31. The number of ether oxygens (including phenoxy) is 2. The Bertz CT molecular complexity index is 616. The summed E-state index contributed by atoms with van der Waals surface area (Å²) in [6.07, 6.45) is 1.65. The standard InChI is InChI=1S/C18H25N3O4/c1-24-15-7-3-2-6-14(15)19-17(22)13-20-10-11-25-16(12-20)18(23)21-8-4-5-9-21/h2-3,6-7,16H,4-5,8-13H2,1H3,(H,19,22). The van der Waals surface area contributed by atoms with Gasteiger partial charge in [-0.3, -0.25) is 14.5 Å². The van der Waals surface area contributed by atoms with Gasteiger partial charge in [-0.15, -0.1) is 0 Å². The van der Waals surface area contributed by atoms with Gasteiger partial charge in [0.05, 0.1) is 25.9 Å². The minimum absolute atomic E-state index is 0.0485. The van der Waals surface area contributed by atoms with E-state index >= 15 is 0 Å². The van der Waals surface area contributed by atoms with Crippen LogP contribution in [0, 0.1) is 0 Å². The van der Waals surface area contributed by atoms with Crippen LogP contribution in [0.15, 0.2) is 24.3 Å². The molecule has 1 atom stereocenters. The maximum atomic E-state index is 12.5. The Hall–Kier alpha value is -2.12. The van der Waals surface area contributed by atoms with Crippen molar-refractivity contribution in [3.63, 3.8) is 0 Å². The van der Waals surface area contributed by atoms with Crippen molar-refractivity contribution in [1.82, 2.24) is 9.80 Å². The van der Waals surface area contributed by atoms with Gasteiger partial charge in [0.25, 0.3) is 5.91 Å². The average Bonchev–Trinajstić information content (AvgIpc) is 3.16. The summed E-state index contributed by atoms with van der Waals surface area (Å²) >= 11 is 0. The fourth-order valence-corrected chi connectivity index (χ4v) is 3.28. The summed E-state index contributed by atoms with van der Waals surface area (Å²) in [6.45, 7) is 3.41. The smallest absolute Gasteiger partial charge is 0.253 e. The fraction of sp³-hybridized carbons (Fsp3) is 0.556. The quantitative estimate of drug-likeness (QED) is 0.859. The number of nitrogens with zero attached hydrogens (tertiary/aromatic N) is 2. The number of para-hydroxylation sites is 2. The summed E-state index contributed by atoms with van der Waals surface area (Å²) in [6, 6.07) is 7.30. The molecule has 1 aromatic rings. The van der Waals surface area contributed by atoms with Crippen molar-refractivity contribution < 1.29 is 19.1 Å². The lowest BCUT2D eigenvalue weighted by Gasteiger charge is -2.33. The monoisotopic (exact) mass is 347 g/mol. The topological polar surface area (TPSA) is 71.1 Å². The molecule has 0 spiro atoms. The number of likely N-dealkylation sites (tertiary alicyclic amines) is 1. The normalized spacial score (nSPS) is 21.2. The third-order valence-corrected chi connectivity index (χ3v) is 4.59. The van der Waals surface area contributed by atoms with Gasteiger partial charge < -0.3 is 19.7 Å². The Balaban J connectivity index is 1.53. The molecule has 0 radical (unpaired) electrons. The first-order valence-electron chi connectivity index (χ1n) is 8.73. The van der Waals surface area contributed by atoms with E-state index in [1.807, 2.05) is 21.9 Å². The van der Waals surface area contributed by atoms with Gasteiger partial charge in [-0.25, -0.2) is 0 Å². The van der Waals surface area contributed by atoms with E-state index in [0.717, 1.165) is 25.9 Å². The predicted molar refractivity (Wildman–Crippen MR) is 93.6 cm³/mol. The zero-order valence-corrected chi connectivity index (χ0v) is 14.6. The molecule has 0 saturated carbocycles. The lowest BCUT2D eigenvalue weighted by molar-refractivity contribution is -0.149. The summed E-state index contributed by atoms with van der Waals surface area (Å²) in [5, 5.41) is 2.87. The van der Waals surface area contributed by atoms with Gasteiger partial charge in [-0.05, 0) is 25.0 Å². The molecule has 0 bridgehead atoms. The van der Waals surface area contributed by atoms with Crippen LogP contribution < -0.4 is 10.1 Å². The third-order valence-electron chi connectivity index (χ3n) is 4.59. The molecule has 1 N–H and O–H groups in total. The highest BCUT2D eigenvalue weighted by Gasteiger charge is 2.32. The van der Waals surface area contributed by atoms with E-state index in [1.165, 1.54) is 0 Å². The second-order valence-corrected chi connectivity index (χ2v) is 6.38. The number of hydrogen-bond acceptors (Lipinski definition) is 5. The van der Waals surface area contributed by atoms with Crippen LogP contribution >= 0.6 is 0 Å². The summed E-state index contributed by atoms with van der Waals surface area (Å²) in [5.74, 6) is 0.547. The first-order valence-corrected chi connectivity index (χ1v) is 8.73. The van der Waals surface area contributed by atoms with E-state index in [0.29, 0.717) is 31.1 Å². The lowest BCUT2D eigenvalue weighted by Crippen LogP contribution is -2.51. The molecule has 2 heterocycles. The van der Waals surface area contributed by atoms with E-state index in [9.17, 15) is 9.59 Å². The van der Waals surface area contributed by atoms with Crippen LogP contribution in [0.3, 0.4) is 0 Å². The number of nitrogens with one attached hydrogen (secondary N) is 1. The number of carbonyl (C=O) groups is 2. The molecule has 1 aromatic carbocycles. The van der Waals surface area contributed by atoms with Gasteiger partial charge >= 0.3 is 0 Å². The highest BCUT2D eigenvalue weighted by Crippen LogP contribution is 2.23. The van der Waals surface area contributed by atoms with E-state index in [2.05, 4.69) is 5.32 Å². The minimum Gasteiger partial charge on any atom is -0.495 e. The highest BCUT2D eigenvalue weighted by atomic mass is 16.5. The third kappa shape index (κ3) is 4.49. The maximum Gasteiger partial charge on any atom is 0.253 e. The fourth-order valence-electron chi connectivity index (χ4n) is 3.28. The van der Waals surface area contributed by atoms with E-state index < -0.39 is 6.10 Å². The molecule has 2 aliphatic rings. The van der Waals surface area contributed by atoms with Gasteiger partial charge in [-0.2, -0.15) is 0 Å². The zero-order valence-electron chi connectivity index (χ0n) is 14.6. The van der Waals surface area contributed by atoms with Crippen molar-refractivity contribution in [1.29, 1.82) is 0 Å². The maximum absolute atomic E-state index is 12.5. The minimum atomic E-state index is -0.467. The van der Waals surface area contributed by atoms with Crippen LogP contribution in [0.1, 0.15) is 12.8 Å². The summed E-state index contributed by atoms with van der Waals surface area (Å²) in [4.78, 5) is 28.6. The van der Waals surface area contributed by atoms with Crippen LogP contribution in [0.4, 0.5) is 5.69 Å². The van der Waals surface area contributed by atoms with Crippen LogP contribution in [-0.4, -0.2) is 74.2 Å². The number of hydrogen-bond donors (Lipinski definition) is 1. The largest absolute Gasteiger partial charge is 0.495 e. The Morgan fingerprint density at radius 1 is 1.24 bits per heavy atom. The molecule has 7 nitrogen and oxygen atoms in total. The molecule has 1 unspecified atom stereocenters. The molecular weight excluding hydrogens is 322 g/mol. The number of methoxy groups -OCH3 is 1. The van der Waals surface area contributed by atoms with Crippen LogP contribution in [0.2, 0.25) is 0 Å². The number of rotatable bonds is 5. The molecule has 7 heteroatoms. The summed E-state index contributed by atoms with van der Waals surface area (Å²) < 4.78 is 10.9. The van der Waals surface area contributed by atoms with Crippen molar-refractivity contribution in [2.75, 3.05) is 51.8 Å². The van der Waals surface area contributed by atoms with Gasteiger partial charge in [-0.1, -0.05) is 12.1 Å². The second-order valence-electron chi connectivity index (χ2n) is 6.38. The Kier molecular flexibility index (Phi) is 5.88. The van der Waals surface area contributed by atoms with Gasteiger partial charge in [0.1, 0.15) is 11.9 Å². The molecule has 2 amide bonds. The zero-order chi connectivity index (χ0) is 17.6. The molecule has 0 aliphatic carbocycles. The number of anilines is 1. The molecule has 0 aromatic heterocycles. The van der Waals surface area contributed by atoms with Gasteiger partial charge in [0.2, 0.25) is 5.91 Å². The van der Waals surface area contributed by atoms with Gasteiger partial charge in [0, 0.05) is 26.2 Å². The average molecular weight is 347 g/mol. The van der Waals surface area contributed by atoms with Crippen molar-refractivity contribution in [3.05, 3.63) is 24.3 Å². The highest BCUT2D eigenvalue weighted by molar-refractivity contribution is 5.93. The van der Waals surface area contributed by atoms with Crippen molar-refractivity contribution in [2.45, 2.75) is 18.9 Å². The van der Waals surface area contributed by atoms with Crippen molar-refractivity contribution >= 4 is 17.5 Å². The molecule has 2 fully saturated rings. The molecule has 136 valence electrons. The molecule has 2 aliphatic heterocycles.